The van der Waals surface area contributed by atoms with Crippen LogP contribution in [0.4, 0.5) is 0 Å². The minimum Gasteiger partial charge on any atom is -0.359 e. The van der Waals surface area contributed by atoms with E-state index in [9.17, 15) is 4.79 Å². The molecule has 0 N–H and O–H groups in total. The molecular weight excluding hydrogens is 144 g/mol. The number of rotatable bonds is 4. The Morgan fingerprint density at radius 3 is 3.00 bits per heavy atom. The van der Waals surface area contributed by atoms with Gasteiger partial charge < -0.3 is 9.47 Å². The predicted molar refractivity (Wildman–Crippen MR) is 40.2 cm³/mol. The van der Waals surface area contributed by atoms with E-state index in [1.807, 2.05) is 0 Å². The summed E-state index contributed by atoms with van der Waals surface area (Å²) in [6, 6.07) is 0. The van der Waals surface area contributed by atoms with Crippen LogP contribution in [0.25, 0.3) is 0 Å². The quantitative estimate of drug-likeness (QED) is 0.452. The zero-order chi connectivity index (χ0) is 8.10. The second-order valence-electron chi connectivity index (χ2n) is 2.83. The van der Waals surface area contributed by atoms with E-state index < -0.39 is 0 Å². The highest BCUT2D eigenvalue weighted by atomic mass is 16.7. The van der Waals surface area contributed by atoms with Crippen LogP contribution in [0.5, 0.6) is 0 Å². The van der Waals surface area contributed by atoms with E-state index in [2.05, 4.69) is 0 Å². The summed E-state index contributed by atoms with van der Waals surface area (Å²) in [6.07, 6.45) is 2.75. The van der Waals surface area contributed by atoms with Crippen LogP contribution in [0.1, 0.15) is 19.3 Å². The minimum atomic E-state index is 0.144. The van der Waals surface area contributed by atoms with Crippen molar-refractivity contribution in [3.63, 3.8) is 0 Å². The van der Waals surface area contributed by atoms with Gasteiger partial charge in [-0.1, -0.05) is 0 Å². The van der Waals surface area contributed by atoms with Crippen molar-refractivity contribution in [2.45, 2.75) is 19.3 Å². The Balaban J connectivity index is 2.10. The molecule has 0 aromatic heterocycles. The number of Topliss-reactive ketones (excluding diaryl/α,β-unsaturated/α-hetero) is 1. The molecule has 1 aliphatic carbocycles. The third kappa shape index (κ3) is 2.60. The third-order valence-electron chi connectivity index (χ3n) is 1.95. The van der Waals surface area contributed by atoms with Gasteiger partial charge in [-0.25, -0.2) is 0 Å². The summed E-state index contributed by atoms with van der Waals surface area (Å²) in [7, 11) is 1.58. The molecule has 0 aromatic rings. The lowest BCUT2D eigenvalue weighted by Gasteiger charge is -2.07. The maximum absolute atomic E-state index is 11.0. The SMILES string of the molecule is COCOCC1CCCC1=O. The zero-order valence-corrected chi connectivity index (χ0v) is 6.84. The van der Waals surface area contributed by atoms with Crippen LogP contribution >= 0.6 is 0 Å². The lowest BCUT2D eigenvalue weighted by atomic mass is 10.1. The first-order valence-electron chi connectivity index (χ1n) is 3.94. The van der Waals surface area contributed by atoms with Gasteiger partial charge in [-0.15, -0.1) is 0 Å². The van der Waals surface area contributed by atoms with Gasteiger partial charge in [-0.05, 0) is 12.8 Å². The molecule has 1 atom stereocenters. The lowest BCUT2D eigenvalue weighted by Crippen LogP contribution is -2.14. The van der Waals surface area contributed by atoms with Crippen molar-refractivity contribution in [1.29, 1.82) is 0 Å². The van der Waals surface area contributed by atoms with Gasteiger partial charge in [0.25, 0.3) is 0 Å². The number of ketones is 1. The largest absolute Gasteiger partial charge is 0.359 e. The number of hydrogen-bond acceptors (Lipinski definition) is 3. The molecule has 0 bridgehead atoms. The Kier molecular flexibility index (Phi) is 3.52. The van der Waals surface area contributed by atoms with Gasteiger partial charge in [0, 0.05) is 19.4 Å². The number of hydrogen-bond donors (Lipinski definition) is 0. The Hall–Kier alpha value is -0.410. The van der Waals surface area contributed by atoms with Crippen molar-refractivity contribution in [3.8, 4) is 0 Å². The summed E-state index contributed by atoms with van der Waals surface area (Å²) < 4.78 is 9.80. The van der Waals surface area contributed by atoms with Crippen LogP contribution < -0.4 is 0 Å². The fourth-order valence-corrected chi connectivity index (χ4v) is 1.34. The molecule has 0 aromatic carbocycles. The zero-order valence-electron chi connectivity index (χ0n) is 6.84. The first-order chi connectivity index (χ1) is 5.34. The van der Waals surface area contributed by atoms with E-state index in [-0.39, 0.29) is 5.92 Å². The molecule has 1 unspecified atom stereocenters. The molecular formula is C8H14O3. The van der Waals surface area contributed by atoms with Gasteiger partial charge in [0.05, 0.1) is 6.61 Å². The molecule has 1 aliphatic rings. The van der Waals surface area contributed by atoms with Crippen molar-refractivity contribution in [1.82, 2.24) is 0 Å². The van der Waals surface area contributed by atoms with Gasteiger partial charge in [-0.2, -0.15) is 0 Å². The van der Waals surface area contributed by atoms with Crippen molar-refractivity contribution in [2.75, 3.05) is 20.5 Å². The average molecular weight is 158 g/mol. The molecule has 0 heterocycles. The highest BCUT2D eigenvalue weighted by molar-refractivity contribution is 5.82. The Bertz CT molecular complexity index is 133. The van der Waals surface area contributed by atoms with E-state index in [1.54, 1.807) is 7.11 Å². The van der Waals surface area contributed by atoms with Gasteiger partial charge in [0.1, 0.15) is 12.6 Å². The van der Waals surface area contributed by atoms with Crippen LogP contribution in [0.15, 0.2) is 0 Å². The van der Waals surface area contributed by atoms with E-state index in [0.29, 0.717) is 19.2 Å². The molecule has 3 heteroatoms. The van der Waals surface area contributed by atoms with Crippen molar-refractivity contribution in [3.05, 3.63) is 0 Å². The molecule has 1 saturated carbocycles. The molecule has 0 amide bonds. The Morgan fingerprint density at radius 1 is 1.64 bits per heavy atom. The second kappa shape index (κ2) is 4.46. The van der Waals surface area contributed by atoms with Crippen molar-refractivity contribution in [2.24, 2.45) is 5.92 Å². The van der Waals surface area contributed by atoms with Gasteiger partial charge in [0.15, 0.2) is 0 Å². The smallest absolute Gasteiger partial charge is 0.146 e. The van der Waals surface area contributed by atoms with Gasteiger partial charge >= 0.3 is 0 Å². The van der Waals surface area contributed by atoms with Crippen LogP contribution in [0, 0.1) is 5.92 Å². The van der Waals surface area contributed by atoms with E-state index in [0.717, 1.165) is 19.3 Å². The topological polar surface area (TPSA) is 35.5 Å². The minimum absolute atomic E-state index is 0.144. The lowest BCUT2D eigenvalue weighted by molar-refractivity contribution is -0.124. The molecule has 1 rings (SSSR count). The molecule has 0 radical (unpaired) electrons. The monoisotopic (exact) mass is 158 g/mol. The maximum Gasteiger partial charge on any atom is 0.146 e. The van der Waals surface area contributed by atoms with Crippen molar-refractivity contribution >= 4 is 5.78 Å². The fourth-order valence-electron chi connectivity index (χ4n) is 1.34. The molecule has 3 nitrogen and oxygen atoms in total. The van der Waals surface area contributed by atoms with Gasteiger partial charge in [0.2, 0.25) is 0 Å². The average Bonchev–Trinajstić information content (AvgIpc) is 2.37. The van der Waals surface area contributed by atoms with Crippen molar-refractivity contribution < 1.29 is 14.3 Å². The molecule has 1 fully saturated rings. The normalized spacial score (nSPS) is 24.5. The Labute approximate surface area is 66.7 Å². The molecule has 0 aliphatic heterocycles. The number of ether oxygens (including phenoxy) is 2. The number of methoxy groups -OCH3 is 1. The van der Waals surface area contributed by atoms with Gasteiger partial charge in [-0.3, -0.25) is 4.79 Å². The molecule has 11 heavy (non-hydrogen) atoms. The number of carbonyl (C=O) groups excluding carboxylic acids is 1. The summed E-state index contributed by atoms with van der Waals surface area (Å²) >= 11 is 0. The molecule has 64 valence electrons. The summed E-state index contributed by atoms with van der Waals surface area (Å²) in [4.78, 5) is 11.0. The first-order valence-corrected chi connectivity index (χ1v) is 3.94. The Morgan fingerprint density at radius 2 is 2.45 bits per heavy atom. The van der Waals surface area contributed by atoms with E-state index in [4.69, 9.17) is 9.47 Å². The molecule has 0 saturated heterocycles. The van der Waals surface area contributed by atoms with E-state index in [1.165, 1.54) is 0 Å². The summed E-state index contributed by atoms with van der Waals surface area (Å²) in [5, 5.41) is 0. The molecule has 0 spiro atoms. The summed E-state index contributed by atoms with van der Waals surface area (Å²) in [5.41, 5.74) is 0. The fraction of sp³-hybridized carbons (Fsp3) is 0.875. The van der Waals surface area contributed by atoms with Crippen LogP contribution in [0.2, 0.25) is 0 Å². The number of carbonyl (C=O) groups is 1. The van der Waals surface area contributed by atoms with Crippen LogP contribution in [-0.4, -0.2) is 26.3 Å². The summed E-state index contributed by atoms with van der Waals surface area (Å²) in [5.74, 6) is 0.492. The standard InChI is InChI=1S/C8H14O3/c1-10-6-11-5-7-3-2-4-8(7)9/h7H,2-6H2,1H3. The second-order valence-corrected chi connectivity index (χ2v) is 2.83. The highest BCUT2D eigenvalue weighted by Gasteiger charge is 2.23. The third-order valence-corrected chi connectivity index (χ3v) is 1.95. The highest BCUT2D eigenvalue weighted by Crippen LogP contribution is 2.21. The van der Waals surface area contributed by atoms with E-state index >= 15 is 0 Å². The summed E-state index contributed by atoms with van der Waals surface area (Å²) in [6.45, 7) is 0.830. The first kappa shape index (κ1) is 8.68. The maximum atomic E-state index is 11.0. The predicted octanol–water partition coefficient (Wildman–Crippen LogP) is 0.976. The van der Waals surface area contributed by atoms with Crippen LogP contribution in [-0.2, 0) is 14.3 Å². The van der Waals surface area contributed by atoms with Crippen LogP contribution in [0.3, 0.4) is 0 Å².